The molecular formula is C22H26ClN3O5S. The molecule has 2 aromatic carbocycles. The van der Waals surface area contributed by atoms with Crippen LogP contribution in [0.5, 0.6) is 5.75 Å². The van der Waals surface area contributed by atoms with E-state index in [4.69, 9.17) is 16.3 Å². The molecule has 172 valence electrons. The van der Waals surface area contributed by atoms with Gasteiger partial charge in [-0.3, -0.25) is 9.59 Å². The highest BCUT2D eigenvalue weighted by Gasteiger charge is 2.28. The fourth-order valence-electron chi connectivity index (χ4n) is 3.61. The van der Waals surface area contributed by atoms with E-state index in [1.165, 1.54) is 54.7 Å². The molecule has 10 heteroatoms. The molecule has 1 aliphatic rings. The van der Waals surface area contributed by atoms with E-state index in [1.807, 2.05) is 6.92 Å². The van der Waals surface area contributed by atoms with Gasteiger partial charge >= 0.3 is 0 Å². The summed E-state index contributed by atoms with van der Waals surface area (Å²) in [6.07, 6.45) is 1.87. The second-order valence-electron chi connectivity index (χ2n) is 7.80. The third-order valence-corrected chi connectivity index (χ3v) is 7.41. The van der Waals surface area contributed by atoms with Gasteiger partial charge in [0.25, 0.3) is 5.91 Å². The molecule has 1 fully saturated rings. The van der Waals surface area contributed by atoms with Gasteiger partial charge in [-0.15, -0.1) is 0 Å². The highest BCUT2D eigenvalue weighted by Crippen LogP contribution is 2.32. The second-order valence-corrected chi connectivity index (χ2v) is 10.1. The largest absolute Gasteiger partial charge is 0.496 e. The number of carbonyl (C=O) groups is 2. The van der Waals surface area contributed by atoms with Gasteiger partial charge in [0, 0.05) is 31.8 Å². The Morgan fingerprint density at radius 2 is 1.84 bits per heavy atom. The van der Waals surface area contributed by atoms with Crippen LogP contribution in [0.3, 0.4) is 0 Å². The molecule has 0 radical (unpaired) electrons. The minimum atomic E-state index is -3.57. The van der Waals surface area contributed by atoms with Gasteiger partial charge in [-0.25, -0.2) is 8.42 Å². The Bertz CT molecular complexity index is 1120. The summed E-state index contributed by atoms with van der Waals surface area (Å²) >= 11 is 6.18. The molecule has 1 saturated heterocycles. The minimum Gasteiger partial charge on any atom is -0.496 e. The van der Waals surface area contributed by atoms with Crippen LogP contribution in [0.25, 0.3) is 0 Å². The first-order chi connectivity index (χ1) is 15.1. The van der Waals surface area contributed by atoms with Crippen molar-refractivity contribution in [3.05, 3.63) is 47.0 Å². The molecule has 2 aromatic rings. The molecule has 0 spiro atoms. The van der Waals surface area contributed by atoms with Gasteiger partial charge in [0.1, 0.15) is 5.75 Å². The Balaban J connectivity index is 1.77. The molecule has 1 heterocycles. The van der Waals surface area contributed by atoms with Crippen molar-refractivity contribution >= 4 is 44.8 Å². The van der Waals surface area contributed by atoms with Crippen LogP contribution in [0.15, 0.2) is 41.3 Å². The van der Waals surface area contributed by atoms with E-state index in [0.717, 1.165) is 12.8 Å². The van der Waals surface area contributed by atoms with E-state index in [0.29, 0.717) is 30.4 Å². The number of benzene rings is 2. The molecule has 2 N–H and O–H groups in total. The maximum Gasteiger partial charge on any atom is 0.259 e. The first-order valence-electron chi connectivity index (χ1n) is 10.2. The number of rotatable bonds is 6. The average Bonchev–Trinajstić information content (AvgIpc) is 2.75. The van der Waals surface area contributed by atoms with Crippen molar-refractivity contribution in [2.45, 2.75) is 31.6 Å². The van der Waals surface area contributed by atoms with Crippen molar-refractivity contribution in [1.82, 2.24) is 4.31 Å². The van der Waals surface area contributed by atoms with E-state index in [-0.39, 0.29) is 27.1 Å². The molecule has 8 nitrogen and oxygen atoms in total. The quantitative estimate of drug-likeness (QED) is 0.652. The predicted octanol–water partition coefficient (Wildman–Crippen LogP) is 3.98. The summed E-state index contributed by atoms with van der Waals surface area (Å²) in [6.45, 7) is 4.42. The third-order valence-electron chi connectivity index (χ3n) is 5.21. The van der Waals surface area contributed by atoms with E-state index in [9.17, 15) is 18.0 Å². The van der Waals surface area contributed by atoms with Crippen LogP contribution in [-0.2, 0) is 14.8 Å². The lowest BCUT2D eigenvalue weighted by atomic mass is 10.0. The van der Waals surface area contributed by atoms with Crippen molar-refractivity contribution in [3.8, 4) is 5.75 Å². The first-order valence-corrected chi connectivity index (χ1v) is 12.0. The van der Waals surface area contributed by atoms with Crippen LogP contribution < -0.4 is 15.4 Å². The summed E-state index contributed by atoms with van der Waals surface area (Å²) in [5.41, 5.74) is 0.921. The maximum absolute atomic E-state index is 12.9. The lowest BCUT2D eigenvalue weighted by molar-refractivity contribution is -0.114. The number of methoxy groups -OCH3 is 1. The predicted molar refractivity (Wildman–Crippen MR) is 124 cm³/mol. The first kappa shape index (κ1) is 24.0. The number of amides is 2. The van der Waals surface area contributed by atoms with Gasteiger partial charge in [-0.1, -0.05) is 18.5 Å². The monoisotopic (exact) mass is 479 g/mol. The molecule has 0 aliphatic carbocycles. The van der Waals surface area contributed by atoms with Gasteiger partial charge in [-0.05, 0) is 49.1 Å². The topological polar surface area (TPSA) is 105 Å². The summed E-state index contributed by atoms with van der Waals surface area (Å²) in [7, 11) is -2.17. The molecule has 32 heavy (non-hydrogen) atoms. The summed E-state index contributed by atoms with van der Waals surface area (Å²) in [4.78, 5) is 24.3. The zero-order valence-electron chi connectivity index (χ0n) is 18.1. The number of sulfonamides is 1. The summed E-state index contributed by atoms with van der Waals surface area (Å²) in [5, 5.41) is 5.47. The SMILES string of the molecule is COc1cc(NC(C)=O)c(Cl)cc1C(=O)Nc1ccc(S(=O)(=O)N2CCCC(C)C2)cc1. The molecule has 0 saturated carbocycles. The Hall–Kier alpha value is -2.62. The highest BCUT2D eigenvalue weighted by atomic mass is 35.5. The molecule has 0 bridgehead atoms. The van der Waals surface area contributed by atoms with Crippen molar-refractivity contribution in [2.24, 2.45) is 5.92 Å². The molecular weight excluding hydrogens is 454 g/mol. The molecule has 3 rings (SSSR count). The molecule has 1 aliphatic heterocycles. The molecule has 2 amide bonds. The zero-order valence-corrected chi connectivity index (χ0v) is 19.7. The Morgan fingerprint density at radius 1 is 1.16 bits per heavy atom. The van der Waals surface area contributed by atoms with E-state index in [2.05, 4.69) is 10.6 Å². The van der Waals surface area contributed by atoms with Crippen LogP contribution in [0.2, 0.25) is 5.02 Å². The van der Waals surface area contributed by atoms with Gasteiger partial charge in [0.15, 0.2) is 0 Å². The van der Waals surface area contributed by atoms with Crippen molar-refractivity contribution in [1.29, 1.82) is 0 Å². The average molecular weight is 480 g/mol. The van der Waals surface area contributed by atoms with E-state index >= 15 is 0 Å². The number of halogens is 1. The lowest BCUT2D eigenvalue weighted by Crippen LogP contribution is -2.39. The van der Waals surface area contributed by atoms with E-state index in [1.54, 1.807) is 0 Å². The number of hydrogen-bond acceptors (Lipinski definition) is 5. The number of piperidine rings is 1. The Labute approximate surface area is 192 Å². The lowest BCUT2D eigenvalue weighted by Gasteiger charge is -2.30. The molecule has 1 unspecified atom stereocenters. The van der Waals surface area contributed by atoms with Crippen LogP contribution >= 0.6 is 11.6 Å². The number of carbonyl (C=O) groups excluding carboxylic acids is 2. The van der Waals surface area contributed by atoms with Gasteiger partial charge in [0.05, 0.1) is 28.3 Å². The van der Waals surface area contributed by atoms with Crippen LogP contribution in [0.1, 0.15) is 37.0 Å². The van der Waals surface area contributed by atoms with Crippen LogP contribution in [0, 0.1) is 5.92 Å². The maximum atomic E-state index is 12.9. The second kappa shape index (κ2) is 9.89. The number of anilines is 2. The highest BCUT2D eigenvalue weighted by molar-refractivity contribution is 7.89. The van der Waals surface area contributed by atoms with E-state index < -0.39 is 15.9 Å². The van der Waals surface area contributed by atoms with Gasteiger partial charge in [-0.2, -0.15) is 4.31 Å². The number of hydrogen-bond donors (Lipinski definition) is 2. The van der Waals surface area contributed by atoms with Crippen molar-refractivity contribution in [3.63, 3.8) is 0 Å². The van der Waals surface area contributed by atoms with Gasteiger partial charge in [0.2, 0.25) is 15.9 Å². The van der Waals surface area contributed by atoms with Gasteiger partial charge < -0.3 is 15.4 Å². The summed E-state index contributed by atoms with van der Waals surface area (Å²) in [6, 6.07) is 8.91. The Kier molecular flexibility index (Phi) is 7.43. The van der Waals surface area contributed by atoms with Crippen LogP contribution in [0.4, 0.5) is 11.4 Å². The Morgan fingerprint density at radius 3 is 2.44 bits per heavy atom. The smallest absolute Gasteiger partial charge is 0.259 e. The standard InChI is InChI=1S/C22H26ClN3O5S/c1-14-5-4-10-26(13-14)32(29,30)17-8-6-16(7-9-17)25-22(28)18-11-19(23)20(24-15(2)27)12-21(18)31-3/h6-9,11-12,14H,4-5,10,13H2,1-3H3,(H,24,27)(H,25,28). The summed E-state index contributed by atoms with van der Waals surface area (Å²) in [5.74, 6) is -0.233. The van der Waals surface area contributed by atoms with Crippen molar-refractivity contribution < 1.29 is 22.7 Å². The zero-order chi connectivity index (χ0) is 23.5. The fraction of sp³-hybridized carbons (Fsp3) is 0.364. The minimum absolute atomic E-state index is 0.172. The van der Waals surface area contributed by atoms with Crippen LogP contribution in [-0.4, -0.2) is 44.7 Å². The number of ether oxygens (including phenoxy) is 1. The normalized spacial score (nSPS) is 16.9. The molecule has 1 atom stereocenters. The number of nitrogens with one attached hydrogen (secondary N) is 2. The third kappa shape index (κ3) is 5.40. The number of nitrogens with zero attached hydrogens (tertiary/aromatic N) is 1. The van der Waals surface area contributed by atoms with Crippen molar-refractivity contribution in [2.75, 3.05) is 30.8 Å². The fourth-order valence-corrected chi connectivity index (χ4v) is 5.42. The molecule has 0 aromatic heterocycles. The summed E-state index contributed by atoms with van der Waals surface area (Å²) < 4.78 is 32.6.